The highest BCUT2D eigenvalue weighted by atomic mass is 16.6. The average Bonchev–Trinajstić information content (AvgIpc) is 2.33. The quantitative estimate of drug-likeness (QED) is 0.425. The number of nitrogens with one attached hydrogen (secondary N) is 1. The molecule has 6 nitrogen and oxygen atoms in total. The van der Waals surface area contributed by atoms with Gasteiger partial charge >= 0.3 is 5.69 Å². The van der Waals surface area contributed by atoms with Crippen LogP contribution in [0.3, 0.4) is 0 Å². The van der Waals surface area contributed by atoms with Crippen molar-refractivity contribution in [1.29, 1.82) is 0 Å². The number of aliphatic hydroxyl groups excluding tert-OH is 1. The molecule has 0 amide bonds. The van der Waals surface area contributed by atoms with Crippen molar-refractivity contribution in [2.75, 3.05) is 19.7 Å². The molecule has 0 radical (unpaired) electrons. The van der Waals surface area contributed by atoms with E-state index in [4.69, 9.17) is 9.84 Å². The van der Waals surface area contributed by atoms with Crippen LogP contribution in [-0.4, -0.2) is 35.8 Å². The van der Waals surface area contributed by atoms with Gasteiger partial charge in [0, 0.05) is 12.6 Å². The Balaban J connectivity index is 2.40. The van der Waals surface area contributed by atoms with Crippen molar-refractivity contribution in [1.82, 2.24) is 5.32 Å². The second-order valence-electron chi connectivity index (χ2n) is 4.48. The van der Waals surface area contributed by atoms with Crippen LogP contribution in [0.1, 0.15) is 18.9 Å². The lowest BCUT2D eigenvalue weighted by Gasteiger charge is -2.09. The summed E-state index contributed by atoms with van der Waals surface area (Å²) in [5, 5.41) is 22.9. The summed E-state index contributed by atoms with van der Waals surface area (Å²) in [5.74, 6) is 0.306. The van der Waals surface area contributed by atoms with Gasteiger partial charge in [-0.2, -0.15) is 0 Å². The van der Waals surface area contributed by atoms with Gasteiger partial charge in [0.1, 0.15) is 0 Å². The van der Waals surface area contributed by atoms with Crippen molar-refractivity contribution < 1.29 is 14.8 Å². The Morgan fingerprint density at radius 3 is 2.89 bits per heavy atom. The van der Waals surface area contributed by atoms with Gasteiger partial charge in [-0.1, -0.05) is 6.07 Å². The molecular formula is C13H20N2O4. The first kappa shape index (κ1) is 15.4. The lowest BCUT2D eigenvalue weighted by molar-refractivity contribution is -0.385. The third-order valence-electron chi connectivity index (χ3n) is 2.51. The van der Waals surface area contributed by atoms with Crippen molar-refractivity contribution in [3.05, 3.63) is 33.9 Å². The molecule has 1 aromatic rings. The topological polar surface area (TPSA) is 84.6 Å². The molecule has 0 spiro atoms. The molecule has 1 aromatic carbocycles. The van der Waals surface area contributed by atoms with E-state index in [0.29, 0.717) is 25.4 Å². The summed E-state index contributed by atoms with van der Waals surface area (Å²) in [6.07, 6.45) is 0.344. The Labute approximate surface area is 112 Å². The molecule has 19 heavy (non-hydrogen) atoms. The highest BCUT2D eigenvalue weighted by Crippen LogP contribution is 2.27. The van der Waals surface area contributed by atoms with Crippen molar-refractivity contribution in [3.8, 4) is 5.75 Å². The second kappa shape index (κ2) is 7.70. The van der Waals surface area contributed by atoms with Gasteiger partial charge in [-0.3, -0.25) is 10.1 Å². The summed E-state index contributed by atoms with van der Waals surface area (Å²) in [4.78, 5) is 10.4. The number of rotatable bonds is 8. The molecule has 6 heteroatoms. The SMILES string of the molecule is Cc1ccc([N+](=O)[O-])c(OCCCNC[C@H](C)O)c1. The Bertz CT molecular complexity index is 421. The molecule has 0 saturated carbocycles. The van der Waals surface area contributed by atoms with Gasteiger partial charge < -0.3 is 15.2 Å². The zero-order valence-electron chi connectivity index (χ0n) is 11.3. The molecule has 106 valence electrons. The number of aliphatic hydroxyl groups is 1. The lowest BCUT2D eigenvalue weighted by atomic mass is 10.2. The van der Waals surface area contributed by atoms with E-state index in [1.807, 2.05) is 6.92 Å². The van der Waals surface area contributed by atoms with Gasteiger partial charge in [-0.05, 0) is 38.4 Å². The van der Waals surface area contributed by atoms with Gasteiger partial charge in [0.15, 0.2) is 5.75 Å². The van der Waals surface area contributed by atoms with Gasteiger partial charge in [-0.15, -0.1) is 0 Å². The van der Waals surface area contributed by atoms with Crippen LogP contribution in [0.5, 0.6) is 5.75 Å². The predicted molar refractivity (Wildman–Crippen MR) is 72.5 cm³/mol. The van der Waals surface area contributed by atoms with Gasteiger partial charge in [0.05, 0.1) is 17.6 Å². The first-order valence-electron chi connectivity index (χ1n) is 6.27. The highest BCUT2D eigenvalue weighted by Gasteiger charge is 2.14. The van der Waals surface area contributed by atoms with Crippen molar-refractivity contribution >= 4 is 5.69 Å². The summed E-state index contributed by atoms with van der Waals surface area (Å²) in [6, 6.07) is 4.81. The van der Waals surface area contributed by atoms with E-state index in [9.17, 15) is 10.1 Å². The zero-order chi connectivity index (χ0) is 14.3. The second-order valence-corrected chi connectivity index (χ2v) is 4.48. The fourth-order valence-corrected chi connectivity index (χ4v) is 1.58. The number of nitrogens with zero attached hydrogens (tertiary/aromatic N) is 1. The molecule has 0 aliphatic carbocycles. The van der Waals surface area contributed by atoms with Crippen molar-refractivity contribution in [2.24, 2.45) is 0 Å². The lowest BCUT2D eigenvalue weighted by Crippen LogP contribution is -2.26. The number of hydrogen-bond donors (Lipinski definition) is 2. The van der Waals surface area contributed by atoms with E-state index in [1.54, 1.807) is 19.1 Å². The van der Waals surface area contributed by atoms with Crippen LogP contribution in [-0.2, 0) is 0 Å². The van der Waals surface area contributed by atoms with Crippen LogP contribution in [0, 0.1) is 17.0 Å². The minimum Gasteiger partial charge on any atom is -0.487 e. The molecule has 0 aromatic heterocycles. The van der Waals surface area contributed by atoms with Gasteiger partial charge in [-0.25, -0.2) is 0 Å². The molecular weight excluding hydrogens is 248 g/mol. The molecule has 0 unspecified atom stereocenters. The van der Waals surface area contributed by atoms with E-state index in [0.717, 1.165) is 12.0 Å². The smallest absolute Gasteiger partial charge is 0.310 e. The maximum atomic E-state index is 10.8. The van der Waals surface area contributed by atoms with E-state index >= 15 is 0 Å². The number of nitro benzene ring substituents is 1. The van der Waals surface area contributed by atoms with E-state index in [1.165, 1.54) is 6.07 Å². The van der Waals surface area contributed by atoms with Crippen molar-refractivity contribution in [3.63, 3.8) is 0 Å². The Kier molecular flexibility index (Phi) is 6.24. The first-order chi connectivity index (χ1) is 9.00. The fourth-order valence-electron chi connectivity index (χ4n) is 1.58. The van der Waals surface area contributed by atoms with E-state index < -0.39 is 4.92 Å². The van der Waals surface area contributed by atoms with Crippen LogP contribution >= 0.6 is 0 Å². The number of ether oxygens (including phenoxy) is 1. The monoisotopic (exact) mass is 268 g/mol. The van der Waals surface area contributed by atoms with Crippen LogP contribution in [0.15, 0.2) is 18.2 Å². The van der Waals surface area contributed by atoms with Crippen LogP contribution < -0.4 is 10.1 Å². The van der Waals surface area contributed by atoms with Crippen LogP contribution in [0.4, 0.5) is 5.69 Å². The highest BCUT2D eigenvalue weighted by molar-refractivity contribution is 5.48. The van der Waals surface area contributed by atoms with E-state index in [-0.39, 0.29) is 11.8 Å². The third kappa shape index (κ3) is 5.67. The number of aryl methyl sites for hydroxylation is 1. The van der Waals surface area contributed by atoms with Gasteiger partial charge in [0.25, 0.3) is 0 Å². The Morgan fingerprint density at radius 2 is 2.26 bits per heavy atom. The maximum absolute atomic E-state index is 10.8. The van der Waals surface area contributed by atoms with Crippen molar-refractivity contribution in [2.45, 2.75) is 26.4 Å². The van der Waals surface area contributed by atoms with E-state index in [2.05, 4.69) is 5.32 Å². The Hall–Kier alpha value is -1.66. The molecule has 1 rings (SSSR count). The third-order valence-corrected chi connectivity index (χ3v) is 2.51. The molecule has 0 aliphatic rings. The molecule has 2 N–H and O–H groups in total. The molecule has 0 aliphatic heterocycles. The number of benzene rings is 1. The maximum Gasteiger partial charge on any atom is 0.310 e. The predicted octanol–water partition coefficient (Wildman–Crippen LogP) is 1.64. The standard InChI is InChI=1S/C13H20N2O4/c1-10-4-5-12(15(17)18)13(8-10)19-7-3-6-14-9-11(2)16/h4-5,8,11,14,16H,3,6-7,9H2,1-2H3/t11-/m0/s1. The summed E-state index contributed by atoms with van der Waals surface area (Å²) >= 11 is 0. The van der Waals surface area contributed by atoms with Gasteiger partial charge in [0.2, 0.25) is 0 Å². The largest absolute Gasteiger partial charge is 0.487 e. The average molecular weight is 268 g/mol. The summed E-state index contributed by atoms with van der Waals surface area (Å²) in [7, 11) is 0. The van der Waals surface area contributed by atoms with Crippen LogP contribution in [0.2, 0.25) is 0 Å². The first-order valence-corrected chi connectivity index (χ1v) is 6.27. The zero-order valence-corrected chi connectivity index (χ0v) is 11.3. The number of nitro groups is 1. The number of hydrogen-bond acceptors (Lipinski definition) is 5. The normalized spacial score (nSPS) is 12.2. The molecule has 0 fully saturated rings. The molecule has 1 atom stereocenters. The fraction of sp³-hybridized carbons (Fsp3) is 0.538. The summed E-state index contributed by atoms with van der Waals surface area (Å²) < 4.78 is 5.44. The minimum absolute atomic E-state index is 0.0115. The summed E-state index contributed by atoms with van der Waals surface area (Å²) in [6.45, 7) is 5.20. The minimum atomic E-state index is -0.444. The molecule has 0 saturated heterocycles. The Morgan fingerprint density at radius 1 is 1.53 bits per heavy atom. The molecule has 0 heterocycles. The van der Waals surface area contributed by atoms with Crippen LogP contribution in [0.25, 0.3) is 0 Å². The molecule has 0 bridgehead atoms. The summed E-state index contributed by atoms with van der Waals surface area (Å²) in [5.41, 5.74) is 0.912.